The number of imidazole rings is 1. The molecule has 0 saturated carbocycles. The van der Waals surface area contributed by atoms with Gasteiger partial charge < -0.3 is 10.1 Å². The van der Waals surface area contributed by atoms with Gasteiger partial charge in [0.05, 0.1) is 12.8 Å². The smallest absolute Gasteiger partial charge is 0.273 e. The van der Waals surface area contributed by atoms with Crippen LogP contribution in [0.2, 0.25) is 0 Å². The van der Waals surface area contributed by atoms with Crippen molar-refractivity contribution in [1.82, 2.24) is 9.38 Å². The van der Waals surface area contributed by atoms with Crippen molar-refractivity contribution in [3.63, 3.8) is 0 Å². The van der Waals surface area contributed by atoms with Crippen LogP contribution in [0.1, 0.15) is 21.6 Å². The SMILES string of the molecule is COc1ccc(-c2cn3c(C(=O)Nc4cccc(C)c4C)csc3n2)cc1. The first-order valence-electron chi connectivity index (χ1n) is 8.55. The molecule has 1 N–H and O–H groups in total. The van der Waals surface area contributed by atoms with Crippen molar-refractivity contribution in [2.45, 2.75) is 13.8 Å². The molecule has 0 saturated heterocycles. The Morgan fingerprint density at radius 1 is 1.15 bits per heavy atom. The highest BCUT2D eigenvalue weighted by molar-refractivity contribution is 7.15. The van der Waals surface area contributed by atoms with Gasteiger partial charge in [-0.25, -0.2) is 4.98 Å². The number of fused-ring (bicyclic) bond motifs is 1. The highest BCUT2D eigenvalue weighted by Gasteiger charge is 2.16. The van der Waals surface area contributed by atoms with Crippen LogP contribution in [0.3, 0.4) is 0 Å². The summed E-state index contributed by atoms with van der Waals surface area (Å²) in [5.74, 6) is 0.655. The quantitative estimate of drug-likeness (QED) is 0.548. The molecule has 0 bridgehead atoms. The Balaban J connectivity index is 1.65. The van der Waals surface area contributed by atoms with Crippen LogP contribution in [0, 0.1) is 13.8 Å². The molecule has 5 nitrogen and oxygen atoms in total. The number of hydrogen-bond donors (Lipinski definition) is 1. The van der Waals surface area contributed by atoms with Crippen molar-refractivity contribution in [2.75, 3.05) is 12.4 Å². The van der Waals surface area contributed by atoms with Gasteiger partial charge in [-0.3, -0.25) is 9.20 Å². The molecule has 0 aliphatic rings. The average Bonchev–Trinajstić information content (AvgIpc) is 3.26. The Morgan fingerprint density at radius 3 is 2.67 bits per heavy atom. The third-order valence-corrected chi connectivity index (χ3v) is 5.52. The molecule has 2 aromatic carbocycles. The van der Waals surface area contributed by atoms with Crippen LogP contribution in [0.15, 0.2) is 54.0 Å². The molecule has 136 valence electrons. The third kappa shape index (κ3) is 3.19. The number of anilines is 1. The zero-order chi connectivity index (χ0) is 19.0. The number of benzene rings is 2. The third-order valence-electron chi connectivity index (χ3n) is 4.68. The van der Waals surface area contributed by atoms with E-state index in [0.29, 0.717) is 5.69 Å². The number of methoxy groups -OCH3 is 1. The van der Waals surface area contributed by atoms with Crippen molar-refractivity contribution in [1.29, 1.82) is 0 Å². The summed E-state index contributed by atoms with van der Waals surface area (Å²) in [6.07, 6.45) is 1.89. The molecule has 1 amide bonds. The lowest BCUT2D eigenvalue weighted by Gasteiger charge is -2.09. The topological polar surface area (TPSA) is 55.6 Å². The Labute approximate surface area is 161 Å². The van der Waals surface area contributed by atoms with Gasteiger partial charge in [-0.2, -0.15) is 0 Å². The standard InChI is InChI=1S/C21H19N3O2S/c1-13-5-4-6-17(14(13)2)22-20(25)19-12-27-21-23-18(11-24(19)21)15-7-9-16(26-3)10-8-15/h4-12H,1-3H3,(H,22,25). The van der Waals surface area contributed by atoms with Crippen LogP contribution in [0.4, 0.5) is 5.69 Å². The molecule has 0 unspecified atom stereocenters. The van der Waals surface area contributed by atoms with Crippen LogP contribution in [0.25, 0.3) is 16.2 Å². The van der Waals surface area contributed by atoms with E-state index in [2.05, 4.69) is 10.3 Å². The molecule has 0 spiro atoms. The molecule has 0 fully saturated rings. The van der Waals surface area contributed by atoms with E-state index < -0.39 is 0 Å². The van der Waals surface area contributed by atoms with E-state index >= 15 is 0 Å². The second kappa shape index (κ2) is 6.89. The number of thiazole rings is 1. The highest BCUT2D eigenvalue weighted by atomic mass is 32.1. The number of nitrogens with zero attached hydrogens (tertiary/aromatic N) is 2. The summed E-state index contributed by atoms with van der Waals surface area (Å²) in [4.78, 5) is 18.2. The van der Waals surface area contributed by atoms with Crippen LogP contribution in [-0.2, 0) is 0 Å². The molecule has 2 aromatic heterocycles. The van der Waals surface area contributed by atoms with Gasteiger partial charge in [0, 0.05) is 22.8 Å². The molecular formula is C21H19N3O2S. The monoisotopic (exact) mass is 377 g/mol. The normalized spacial score (nSPS) is 10.9. The van der Waals surface area contributed by atoms with E-state index in [1.54, 1.807) is 7.11 Å². The van der Waals surface area contributed by atoms with Crippen LogP contribution in [0.5, 0.6) is 5.75 Å². The lowest BCUT2D eigenvalue weighted by atomic mass is 10.1. The zero-order valence-corrected chi connectivity index (χ0v) is 16.1. The number of ether oxygens (including phenoxy) is 1. The fraction of sp³-hybridized carbons (Fsp3) is 0.143. The molecule has 0 aliphatic heterocycles. The van der Waals surface area contributed by atoms with E-state index in [4.69, 9.17) is 4.74 Å². The Bertz CT molecular complexity index is 1130. The number of aryl methyl sites for hydroxylation is 1. The average molecular weight is 377 g/mol. The number of rotatable bonds is 4. The first-order valence-corrected chi connectivity index (χ1v) is 9.43. The van der Waals surface area contributed by atoms with E-state index in [1.807, 2.05) is 72.3 Å². The fourth-order valence-electron chi connectivity index (χ4n) is 2.92. The fourth-order valence-corrected chi connectivity index (χ4v) is 3.77. The minimum atomic E-state index is -0.145. The van der Waals surface area contributed by atoms with Gasteiger partial charge in [0.2, 0.25) is 0 Å². The Morgan fingerprint density at radius 2 is 1.93 bits per heavy atom. The van der Waals surface area contributed by atoms with Crippen LogP contribution >= 0.6 is 11.3 Å². The van der Waals surface area contributed by atoms with Gasteiger partial charge in [-0.15, -0.1) is 11.3 Å². The molecule has 27 heavy (non-hydrogen) atoms. The maximum absolute atomic E-state index is 12.8. The molecule has 4 rings (SSSR count). The molecule has 0 atom stereocenters. The summed E-state index contributed by atoms with van der Waals surface area (Å²) in [6, 6.07) is 13.6. The number of hydrogen-bond acceptors (Lipinski definition) is 4. The van der Waals surface area contributed by atoms with Gasteiger partial charge in [0.15, 0.2) is 4.96 Å². The minimum absolute atomic E-state index is 0.145. The van der Waals surface area contributed by atoms with E-state index in [1.165, 1.54) is 11.3 Å². The molecule has 2 heterocycles. The van der Waals surface area contributed by atoms with Crippen LogP contribution in [-0.4, -0.2) is 22.4 Å². The van der Waals surface area contributed by atoms with Gasteiger partial charge in [-0.1, -0.05) is 12.1 Å². The summed E-state index contributed by atoms with van der Waals surface area (Å²) in [7, 11) is 1.64. The number of carbonyl (C=O) groups is 1. The zero-order valence-electron chi connectivity index (χ0n) is 15.3. The van der Waals surface area contributed by atoms with Crippen molar-refractivity contribution >= 4 is 27.9 Å². The predicted molar refractivity (Wildman–Crippen MR) is 109 cm³/mol. The second-order valence-electron chi connectivity index (χ2n) is 6.33. The minimum Gasteiger partial charge on any atom is -0.497 e. The van der Waals surface area contributed by atoms with Gasteiger partial charge in [0.25, 0.3) is 5.91 Å². The van der Waals surface area contributed by atoms with E-state index in [0.717, 1.165) is 38.8 Å². The number of amides is 1. The van der Waals surface area contributed by atoms with Crippen LogP contribution < -0.4 is 10.1 Å². The predicted octanol–water partition coefficient (Wildman–Crippen LogP) is 4.94. The van der Waals surface area contributed by atoms with E-state index in [9.17, 15) is 4.79 Å². The lowest BCUT2D eigenvalue weighted by molar-refractivity contribution is 0.102. The molecule has 4 aromatic rings. The van der Waals surface area contributed by atoms with Gasteiger partial charge in [-0.05, 0) is 55.3 Å². The summed E-state index contributed by atoms with van der Waals surface area (Å²) >= 11 is 1.45. The maximum atomic E-state index is 12.8. The summed E-state index contributed by atoms with van der Waals surface area (Å²) < 4.78 is 7.04. The summed E-state index contributed by atoms with van der Waals surface area (Å²) in [5.41, 5.74) is 5.42. The van der Waals surface area contributed by atoms with Gasteiger partial charge >= 0.3 is 0 Å². The first-order chi connectivity index (χ1) is 13.1. The van der Waals surface area contributed by atoms with Gasteiger partial charge in [0.1, 0.15) is 11.4 Å². The summed E-state index contributed by atoms with van der Waals surface area (Å²) in [5, 5.41) is 4.85. The van der Waals surface area contributed by atoms with E-state index in [-0.39, 0.29) is 5.91 Å². The summed E-state index contributed by atoms with van der Waals surface area (Å²) in [6.45, 7) is 4.04. The Hall–Kier alpha value is -3.12. The lowest BCUT2D eigenvalue weighted by Crippen LogP contribution is -2.14. The van der Waals surface area contributed by atoms with Crippen molar-refractivity contribution in [3.8, 4) is 17.0 Å². The number of aromatic nitrogens is 2. The molecule has 0 aliphatic carbocycles. The Kier molecular flexibility index (Phi) is 4.41. The first kappa shape index (κ1) is 17.3. The van der Waals surface area contributed by atoms with Crippen molar-refractivity contribution in [3.05, 3.63) is 70.9 Å². The number of nitrogens with one attached hydrogen (secondary N) is 1. The van der Waals surface area contributed by atoms with Crippen molar-refractivity contribution < 1.29 is 9.53 Å². The molecular weight excluding hydrogens is 358 g/mol. The highest BCUT2D eigenvalue weighted by Crippen LogP contribution is 2.26. The molecule has 6 heteroatoms. The molecule has 0 radical (unpaired) electrons. The maximum Gasteiger partial charge on any atom is 0.273 e. The number of carbonyl (C=O) groups excluding carboxylic acids is 1. The van der Waals surface area contributed by atoms with Crippen molar-refractivity contribution in [2.24, 2.45) is 0 Å². The largest absolute Gasteiger partial charge is 0.497 e. The second-order valence-corrected chi connectivity index (χ2v) is 7.17.